The van der Waals surface area contributed by atoms with Gasteiger partial charge in [0.1, 0.15) is 6.73 Å². The fourth-order valence-electron chi connectivity index (χ4n) is 1.77. The molecule has 0 aliphatic rings. The van der Waals surface area contributed by atoms with Crippen molar-refractivity contribution < 1.29 is 4.74 Å². The van der Waals surface area contributed by atoms with Gasteiger partial charge in [-0.15, -0.1) is 0 Å². The van der Waals surface area contributed by atoms with Gasteiger partial charge in [-0.2, -0.15) is 0 Å². The fraction of sp³-hybridized carbons (Fsp3) is 0.357. The van der Waals surface area contributed by atoms with Gasteiger partial charge in [-0.3, -0.25) is 0 Å². The molecule has 1 aromatic carbocycles. The van der Waals surface area contributed by atoms with Crippen molar-refractivity contribution in [1.82, 2.24) is 9.55 Å². The molecule has 0 aliphatic carbocycles. The molecule has 0 aliphatic heterocycles. The quantitative estimate of drug-likeness (QED) is 0.628. The van der Waals surface area contributed by atoms with Crippen molar-refractivity contribution >= 4 is 5.69 Å². The molecule has 0 radical (unpaired) electrons. The summed E-state index contributed by atoms with van der Waals surface area (Å²) >= 11 is 0. The summed E-state index contributed by atoms with van der Waals surface area (Å²) in [6.45, 7) is 6.16. The number of hydrogen-bond donors (Lipinski definition) is 1. The second-order valence-electron chi connectivity index (χ2n) is 4.18. The maximum atomic E-state index is 5.28. The van der Waals surface area contributed by atoms with Gasteiger partial charge in [0.2, 0.25) is 0 Å². The lowest BCUT2D eigenvalue weighted by molar-refractivity contribution is 0.167. The number of anilines is 1. The zero-order valence-corrected chi connectivity index (χ0v) is 10.9. The van der Waals surface area contributed by atoms with Gasteiger partial charge in [0.25, 0.3) is 0 Å². The minimum absolute atomic E-state index is 0.546. The van der Waals surface area contributed by atoms with Crippen molar-refractivity contribution in [2.45, 2.75) is 20.4 Å². The molecule has 0 spiro atoms. The second kappa shape index (κ2) is 6.21. The van der Waals surface area contributed by atoms with E-state index >= 15 is 0 Å². The standard InChI is InChI=1S/C14H19N3O/c1-3-18-11-16-14-6-4-5-13(7-14)9-17-10-15-8-12(17)2/h4-8,10,16H,3,9,11H2,1-2H3. The van der Waals surface area contributed by atoms with Crippen molar-refractivity contribution in [2.75, 3.05) is 18.7 Å². The van der Waals surface area contributed by atoms with Crippen LogP contribution in [0.5, 0.6) is 0 Å². The highest BCUT2D eigenvalue weighted by atomic mass is 16.5. The van der Waals surface area contributed by atoms with E-state index in [2.05, 4.69) is 40.0 Å². The second-order valence-corrected chi connectivity index (χ2v) is 4.18. The molecule has 2 rings (SSSR count). The molecule has 0 amide bonds. The third-order valence-electron chi connectivity index (χ3n) is 2.78. The topological polar surface area (TPSA) is 39.1 Å². The zero-order chi connectivity index (χ0) is 12.8. The van der Waals surface area contributed by atoms with Gasteiger partial charge in [-0.05, 0) is 31.5 Å². The molecule has 1 aromatic heterocycles. The SMILES string of the molecule is CCOCNc1cccc(Cn2cncc2C)c1. The highest BCUT2D eigenvalue weighted by molar-refractivity contribution is 5.45. The number of imidazole rings is 1. The van der Waals surface area contributed by atoms with Crippen molar-refractivity contribution in [3.8, 4) is 0 Å². The molecule has 18 heavy (non-hydrogen) atoms. The maximum Gasteiger partial charge on any atom is 0.116 e. The van der Waals surface area contributed by atoms with Gasteiger partial charge in [0, 0.05) is 30.7 Å². The molecular weight excluding hydrogens is 226 g/mol. The number of rotatable bonds is 6. The average Bonchev–Trinajstić information content (AvgIpc) is 2.76. The van der Waals surface area contributed by atoms with Crippen LogP contribution in [-0.4, -0.2) is 22.9 Å². The normalized spacial score (nSPS) is 10.6. The molecule has 4 heteroatoms. The third kappa shape index (κ3) is 3.34. The van der Waals surface area contributed by atoms with Gasteiger partial charge in [-0.1, -0.05) is 12.1 Å². The Morgan fingerprint density at radius 1 is 1.39 bits per heavy atom. The number of nitrogens with one attached hydrogen (secondary N) is 1. The highest BCUT2D eigenvalue weighted by Crippen LogP contribution is 2.12. The van der Waals surface area contributed by atoms with Crippen LogP contribution < -0.4 is 5.32 Å². The number of aryl methyl sites for hydroxylation is 1. The number of ether oxygens (including phenoxy) is 1. The Morgan fingerprint density at radius 3 is 3.00 bits per heavy atom. The Labute approximate surface area is 108 Å². The molecule has 4 nitrogen and oxygen atoms in total. The van der Waals surface area contributed by atoms with Crippen molar-refractivity contribution in [3.63, 3.8) is 0 Å². The lowest BCUT2D eigenvalue weighted by Gasteiger charge is -2.09. The van der Waals surface area contributed by atoms with E-state index in [1.165, 1.54) is 11.3 Å². The molecule has 0 unspecified atom stereocenters. The van der Waals surface area contributed by atoms with Crippen LogP contribution in [0, 0.1) is 6.92 Å². The van der Waals surface area contributed by atoms with Crippen LogP contribution >= 0.6 is 0 Å². The molecule has 0 saturated carbocycles. The summed E-state index contributed by atoms with van der Waals surface area (Å²) in [6, 6.07) is 8.35. The predicted molar refractivity (Wildman–Crippen MR) is 72.6 cm³/mol. The highest BCUT2D eigenvalue weighted by Gasteiger charge is 1.99. The molecule has 0 atom stereocenters. The van der Waals surface area contributed by atoms with E-state index in [0.29, 0.717) is 6.73 Å². The molecule has 96 valence electrons. The smallest absolute Gasteiger partial charge is 0.116 e. The van der Waals surface area contributed by atoms with E-state index in [1.54, 1.807) is 0 Å². The van der Waals surface area contributed by atoms with E-state index in [1.807, 2.05) is 25.5 Å². The number of benzene rings is 1. The van der Waals surface area contributed by atoms with Gasteiger partial charge < -0.3 is 14.6 Å². The molecule has 1 heterocycles. The van der Waals surface area contributed by atoms with Crippen molar-refractivity contribution in [3.05, 3.63) is 48.0 Å². The Morgan fingerprint density at radius 2 is 2.28 bits per heavy atom. The van der Waals surface area contributed by atoms with Crippen LogP contribution in [0.25, 0.3) is 0 Å². The van der Waals surface area contributed by atoms with E-state index < -0.39 is 0 Å². The van der Waals surface area contributed by atoms with E-state index in [4.69, 9.17) is 4.74 Å². The van der Waals surface area contributed by atoms with Crippen LogP contribution in [0.1, 0.15) is 18.2 Å². The van der Waals surface area contributed by atoms with Gasteiger partial charge >= 0.3 is 0 Å². The summed E-state index contributed by atoms with van der Waals surface area (Å²) in [5, 5.41) is 3.23. The zero-order valence-electron chi connectivity index (χ0n) is 10.9. The Balaban J connectivity index is 2.01. The van der Waals surface area contributed by atoms with Gasteiger partial charge in [0.05, 0.1) is 6.33 Å². The van der Waals surface area contributed by atoms with Crippen LogP contribution in [-0.2, 0) is 11.3 Å². The lowest BCUT2D eigenvalue weighted by atomic mass is 10.2. The molecular formula is C14H19N3O. The third-order valence-corrected chi connectivity index (χ3v) is 2.78. The molecule has 0 saturated heterocycles. The summed E-state index contributed by atoms with van der Waals surface area (Å²) in [5.74, 6) is 0. The van der Waals surface area contributed by atoms with Crippen LogP contribution in [0.15, 0.2) is 36.8 Å². The number of hydrogen-bond acceptors (Lipinski definition) is 3. The Hall–Kier alpha value is -1.81. The number of nitrogens with zero attached hydrogens (tertiary/aromatic N) is 2. The fourth-order valence-corrected chi connectivity index (χ4v) is 1.77. The van der Waals surface area contributed by atoms with Crippen LogP contribution in [0.2, 0.25) is 0 Å². The molecule has 0 fully saturated rings. The lowest BCUT2D eigenvalue weighted by Crippen LogP contribution is -2.06. The monoisotopic (exact) mass is 245 g/mol. The first-order valence-corrected chi connectivity index (χ1v) is 6.17. The first kappa shape index (κ1) is 12.6. The van der Waals surface area contributed by atoms with Crippen molar-refractivity contribution in [2.24, 2.45) is 0 Å². The summed E-state index contributed by atoms with van der Waals surface area (Å²) in [7, 11) is 0. The minimum atomic E-state index is 0.546. The Bertz CT molecular complexity index is 493. The summed E-state index contributed by atoms with van der Waals surface area (Å²) in [6.07, 6.45) is 3.73. The minimum Gasteiger partial charge on any atom is -0.363 e. The first-order valence-electron chi connectivity index (χ1n) is 6.17. The summed E-state index contributed by atoms with van der Waals surface area (Å²) in [5.41, 5.74) is 3.50. The first-order chi connectivity index (χ1) is 8.79. The average molecular weight is 245 g/mol. The van der Waals surface area contributed by atoms with E-state index in [9.17, 15) is 0 Å². The summed E-state index contributed by atoms with van der Waals surface area (Å²) in [4.78, 5) is 4.13. The van der Waals surface area contributed by atoms with Crippen LogP contribution in [0.4, 0.5) is 5.69 Å². The predicted octanol–water partition coefficient (Wildman–Crippen LogP) is 2.65. The summed E-state index contributed by atoms with van der Waals surface area (Å²) < 4.78 is 7.40. The number of aromatic nitrogens is 2. The van der Waals surface area contributed by atoms with E-state index in [0.717, 1.165) is 18.8 Å². The molecule has 0 bridgehead atoms. The molecule has 2 aromatic rings. The largest absolute Gasteiger partial charge is 0.363 e. The Kier molecular flexibility index (Phi) is 4.36. The van der Waals surface area contributed by atoms with Crippen molar-refractivity contribution in [1.29, 1.82) is 0 Å². The van der Waals surface area contributed by atoms with E-state index in [-0.39, 0.29) is 0 Å². The molecule has 1 N–H and O–H groups in total. The van der Waals surface area contributed by atoms with Crippen LogP contribution in [0.3, 0.4) is 0 Å². The maximum absolute atomic E-state index is 5.28. The van der Waals surface area contributed by atoms with Gasteiger partial charge in [0.15, 0.2) is 0 Å². The van der Waals surface area contributed by atoms with Gasteiger partial charge in [-0.25, -0.2) is 4.98 Å².